The molecule has 0 bridgehead atoms. The van der Waals surface area contributed by atoms with Crippen LogP contribution in [0.2, 0.25) is 0 Å². The van der Waals surface area contributed by atoms with E-state index in [0.717, 1.165) is 0 Å². The standard InChI is InChI=1S/C7H14O3/c1-5(8)4-7(2,3)6(9)10/h5,8H,4H2,1-3H3,(H,9,10). The molecule has 1 atom stereocenters. The number of hydrogen-bond acceptors (Lipinski definition) is 2. The van der Waals surface area contributed by atoms with Crippen LogP contribution in [0.5, 0.6) is 0 Å². The maximum Gasteiger partial charge on any atom is 0.309 e. The highest BCUT2D eigenvalue weighted by atomic mass is 16.4. The molecule has 0 aliphatic rings. The largest absolute Gasteiger partial charge is 0.481 e. The summed E-state index contributed by atoms with van der Waals surface area (Å²) in [6, 6.07) is 0. The Balaban J connectivity index is 4.00. The van der Waals surface area contributed by atoms with E-state index in [1.54, 1.807) is 20.8 Å². The molecule has 60 valence electrons. The molecule has 3 heteroatoms. The Morgan fingerprint density at radius 2 is 2.00 bits per heavy atom. The molecule has 2 N–H and O–H groups in total. The Hall–Kier alpha value is -0.570. The number of hydrogen-bond donors (Lipinski definition) is 2. The maximum absolute atomic E-state index is 10.4. The Labute approximate surface area is 60.7 Å². The number of aliphatic carboxylic acids is 1. The molecule has 0 heterocycles. The van der Waals surface area contributed by atoms with E-state index in [-0.39, 0.29) is 0 Å². The lowest BCUT2D eigenvalue weighted by Crippen LogP contribution is -2.27. The average molecular weight is 146 g/mol. The normalized spacial score (nSPS) is 14.8. The Morgan fingerprint density at radius 1 is 1.60 bits per heavy atom. The van der Waals surface area contributed by atoms with Gasteiger partial charge < -0.3 is 10.2 Å². The summed E-state index contributed by atoms with van der Waals surface area (Å²) in [7, 11) is 0. The first-order chi connectivity index (χ1) is 4.36. The lowest BCUT2D eigenvalue weighted by Gasteiger charge is -2.19. The smallest absolute Gasteiger partial charge is 0.309 e. The second-order valence-corrected chi connectivity index (χ2v) is 3.24. The molecule has 0 radical (unpaired) electrons. The summed E-state index contributed by atoms with van der Waals surface area (Å²) in [5, 5.41) is 17.5. The van der Waals surface area contributed by atoms with E-state index < -0.39 is 17.5 Å². The van der Waals surface area contributed by atoms with Gasteiger partial charge in [-0.15, -0.1) is 0 Å². The maximum atomic E-state index is 10.4. The highest BCUT2D eigenvalue weighted by Crippen LogP contribution is 2.21. The van der Waals surface area contributed by atoms with E-state index in [2.05, 4.69) is 0 Å². The molecular formula is C7H14O3. The first-order valence-corrected chi connectivity index (χ1v) is 3.28. The van der Waals surface area contributed by atoms with Gasteiger partial charge in [0.2, 0.25) is 0 Å². The zero-order chi connectivity index (χ0) is 8.36. The first-order valence-electron chi connectivity index (χ1n) is 3.28. The van der Waals surface area contributed by atoms with Gasteiger partial charge in [-0.05, 0) is 27.2 Å². The van der Waals surface area contributed by atoms with Gasteiger partial charge in [0.1, 0.15) is 0 Å². The van der Waals surface area contributed by atoms with Crippen LogP contribution < -0.4 is 0 Å². The van der Waals surface area contributed by atoms with Crippen LogP contribution in [0.3, 0.4) is 0 Å². The van der Waals surface area contributed by atoms with E-state index >= 15 is 0 Å². The van der Waals surface area contributed by atoms with Gasteiger partial charge in [-0.25, -0.2) is 0 Å². The van der Waals surface area contributed by atoms with Crippen LogP contribution >= 0.6 is 0 Å². The monoisotopic (exact) mass is 146 g/mol. The van der Waals surface area contributed by atoms with Gasteiger partial charge >= 0.3 is 5.97 Å². The van der Waals surface area contributed by atoms with Crippen molar-refractivity contribution in [1.82, 2.24) is 0 Å². The molecule has 1 unspecified atom stereocenters. The fourth-order valence-corrected chi connectivity index (χ4v) is 0.826. The number of rotatable bonds is 3. The average Bonchev–Trinajstić information content (AvgIpc) is 1.60. The minimum atomic E-state index is -0.867. The van der Waals surface area contributed by atoms with Crippen molar-refractivity contribution in [3.63, 3.8) is 0 Å². The van der Waals surface area contributed by atoms with Gasteiger partial charge in [-0.2, -0.15) is 0 Å². The summed E-state index contributed by atoms with van der Waals surface area (Å²) in [6.07, 6.45) is -0.256. The van der Waals surface area contributed by atoms with Crippen LogP contribution in [0.15, 0.2) is 0 Å². The van der Waals surface area contributed by atoms with Crippen molar-refractivity contribution in [2.45, 2.75) is 33.3 Å². The summed E-state index contributed by atoms with van der Waals surface area (Å²) < 4.78 is 0. The van der Waals surface area contributed by atoms with E-state index in [9.17, 15) is 4.79 Å². The lowest BCUT2D eigenvalue weighted by atomic mass is 9.87. The predicted molar refractivity (Wildman–Crippen MR) is 37.7 cm³/mol. The molecule has 0 saturated carbocycles. The van der Waals surface area contributed by atoms with Crippen LogP contribution in [-0.2, 0) is 4.79 Å². The Morgan fingerprint density at radius 3 is 2.10 bits per heavy atom. The molecule has 0 aromatic carbocycles. The van der Waals surface area contributed by atoms with Gasteiger partial charge in [0.25, 0.3) is 0 Å². The second kappa shape index (κ2) is 3.01. The third-order valence-electron chi connectivity index (χ3n) is 1.38. The van der Waals surface area contributed by atoms with Gasteiger partial charge in [-0.1, -0.05) is 0 Å². The minimum Gasteiger partial charge on any atom is -0.481 e. The summed E-state index contributed by atoms with van der Waals surface area (Å²) in [5.74, 6) is -0.867. The van der Waals surface area contributed by atoms with Crippen molar-refractivity contribution in [3.05, 3.63) is 0 Å². The van der Waals surface area contributed by atoms with Gasteiger partial charge in [0, 0.05) is 0 Å². The SMILES string of the molecule is CC(O)CC(C)(C)C(=O)O. The van der Waals surface area contributed by atoms with E-state index in [4.69, 9.17) is 10.2 Å². The molecule has 0 rings (SSSR count). The first kappa shape index (κ1) is 9.43. The van der Waals surface area contributed by atoms with Crippen molar-refractivity contribution in [3.8, 4) is 0 Å². The molecule has 0 aromatic rings. The predicted octanol–water partition coefficient (Wildman–Crippen LogP) is 0.868. The van der Waals surface area contributed by atoms with Crippen LogP contribution in [0, 0.1) is 5.41 Å². The van der Waals surface area contributed by atoms with E-state index in [1.807, 2.05) is 0 Å². The molecule has 0 aliphatic carbocycles. The summed E-state index contributed by atoms with van der Waals surface area (Å²) >= 11 is 0. The van der Waals surface area contributed by atoms with Crippen molar-refractivity contribution >= 4 is 5.97 Å². The zero-order valence-electron chi connectivity index (χ0n) is 6.59. The molecular weight excluding hydrogens is 132 g/mol. The molecule has 0 spiro atoms. The Kier molecular flexibility index (Phi) is 2.84. The third-order valence-corrected chi connectivity index (χ3v) is 1.38. The summed E-state index contributed by atoms with van der Waals surface area (Å²) in [4.78, 5) is 10.4. The van der Waals surface area contributed by atoms with Crippen LogP contribution in [0.4, 0.5) is 0 Å². The number of carboxylic acid groups (broad SMARTS) is 1. The fraction of sp³-hybridized carbons (Fsp3) is 0.857. The third kappa shape index (κ3) is 2.82. The zero-order valence-corrected chi connectivity index (χ0v) is 6.59. The number of carboxylic acids is 1. The van der Waals surface area contributed by atoms with E-state index in [0.29, 0.717) is 6.42 Å². The van der Waals surface area contributed by atoms with Crippen molar-refractivity contribution in [2.75, 3.05) is 0 Å². The van der Waals surface area contributed by atoms with Crippen LogP contribution in [0.25, 0.3) is 0 Å². The summed E-state index contributed by atoms with van der Waals surface area (Å²) in [6.45, 7) is 4.79. The topological polar surface area (TPSA) is 57.5 Å². The van der Waals surface area contributed by atoms with Gasteiger partial charge in [0.15, 0.2) is 0 Å². The molecule has 10 heavy (non-hydrogen) atoms. The van der Waals surface area contributed by atoms with Gasteiger partial charge in [0.05, 0.1) is 11.5 Å². The molecule has 3 nitrogen and oxygen atoms in total. The fourth-order valence-electron chi connectivity index (χ4n) is 0.826. The van der Waals surface area contributed by atoms with E-state index in [1.165, 1.54) is 0 Å². The minimum absolute atomic E-state index is 0.294. The lowest BCUT2D eigenvalue weighted by molar-refractivity contribution is -0.148. The highest BCUT2D eigenvalue weighted by molar-refractivity contribution is 5.73. The van der Waals surface area contributed by atoms with Crippen molar-refractivity contribution < 1.29 is 15.0 Å². The number of aliphatic hydroxyl groups is 1. The summed E-state index contributed by atoms with van der Waals surface area (Å²) in [5.41, 5.74) is -0.811. The second-order valence-electron chi connectivity index (χ2n) is 3.24. The molecule has 0 aliphatic heterocycles. The Bertz CT molecular complexity index is 127. The van der Waals surface area contributed by atoms with Crippen molar-refractivity contribution in [1.29, 1.82) is 0 Å². The van der Waals surface area contributed by atoms with Gasteiger partial charge in [-0.3, -0.25) is 4.79 Å². The quantitative estimate of drug-likeness (QED) is 0.621. The molecule has 0 fully saturated rings. The molecule has 0 amide bonds. The molecule has 0 aromatic heterocycles. The highest BCUT2D eigenvalue weighted by Gasteiger charge is 2.28. The van der Waals surface area contributed by atoms with Crippen LogP contribution in [0.1, 0.15) is 27.2 Å². The number of aliphatic hydroxyl groups excluding tert-OH is 1. The van der Waals surface area contributed by atoms with Crippen molar-refractivity contribution in [2.24, 2.45) is 5.41 Å². The molecule has 0 saturated heterocycles. The van der Waals surface area contributed by atoms with Crippen LogP contribution in [-0.4, -0.2) is 22.3 Å². The number of carbonyl (C=O) groups is 1.